The van der Waals surface area contributed by atoms with Crippen LogP contribution in [-0.4, -0.2) is 16.8 Å². The van der Waals surface area contributed by atoms with Crippen LogP contribution in [0.25, 0.3) is 0 Å². The van der Waals surface area contributed by atoms with Gasteiger partial charge in [-0.1, -0.05) is 35.9 Å². The molecular formula is C19H19ClN2O. The topological polar surface area (TPSA) is 46.3 Å². The highest BCUT2D eigenvalue weighted by atomic mass is 35.5. The van der Waals surface area contributed by atoms with E-state index in [-0.39, 0.29) is 18.0 Å². The molecule has 4 rings (SSSR count). The molecule has 1 aliphatic carbocycles. The van der Waals surface area contributed by atoms with Crippen molar-refractivity contribution in [3.63, 3.8) is 0 Å². The van der Waals surface area contributed by atoms with E-state index in [9.17, 15) is 4.79 Å². The zero-order valence-electron chi connectivity index (χ0n) is 13.1. The fourth-order valence-electron chi connectivity index (χ4n) is 3.88. The summed E-state index contributed by atoms with van der Waals surface area (Å²) in [6, 6.07) is 12.2. The van der Waals surface area contributed by atoms with Gasteiger partial charge in [0.1, 0.15) is 0 Å². The molecule has 0 aromatic heterocycles. The second-order valence-corrected chi connectivity index (χ2v) is 7.01. The Bertz CT molecular complexity index is 775. The van der Waals surface area contributed by atoms with E-state index in [1.54, 1.807) is 6.07 Å². The molecular weight excluding hydrogens is 308 g/mol. The van der Waals surface area contributed by atoms with Crippen LogP contribution in [-0.2, 0) is 19.4 Å². The van der Waals surface area contributed by atoms with Gasteiger partial charge in [-0.05, 0) is 54.2 Å². The van der Waals surface area contributed by atoms with Crippen molar-refractivity contribution in [2.45, 2.75) is 38.4 Å². The first-order valence-electron chi connectivity index (χ1n) is 8.00. The molecule has 1 atom stereocenters. The second kappa shape index (κ2) is 5.36. The summed E-state index contributed by atoms with van der Waals surface area (Å²) in [5.74, 6) is 0.0854. The summed E-state index contributed by atoms with van der Waals surface area (Å²) in [6.45, 7) is 2.57. The molecule has 4 heteroatoms. The summed E-state index contributed by atoms with van der Waals surface area (Å²) in [6.07, 6.45) is 1.86. The lowest BCUT2D eigenvalue weighted by molar-refractivity contribution is 0.0710. The van der Waals surface area contributed by atoms with Gasteiger partial charge in [-0.3, -0.25) is 4.79 Å². The van der Waals surface area contributed by atoms with Gasteiger partial charge in [0, 0.05) is 29.2 Å². The predicted octanol–water partition coefficient (Wildman–Crippen LogP) is 3.48. The van der Waals surface area contributed by atoms with Crippen LogP contribution >= 0.6 is 11.6 Å². The highest BCUT2D eigenvalue weighted by Gasteiger charge is 2.37. The van der Waals surface area contributed by atoms with Gasteiger partial charge in [0.15, 0.2) is 0 Å². The molecule has 2 aromatic carbocycles. The largest absolute Gasteiger partial charge is 0.331 e. The van der Waals surface area contributed by atoms with Crippen LogP contribution in [0.15, 0.2) is 36.4 Å². The molecule has 2 aliphatic rings. The van der Waals surface area contributed by atoms with Crippen molar-refractivity contribution in [1.29, 1.82) is 0 Å². The van der Waals surface area contributed by atoms with Gasteiger partial charge in [-0.15, -0.1) is 0 Å². The number of carbonyl (C=O) groups is 1. The molecule has 0 saturated heterocycles. The molecule has 3 nitrogen and oxygen atoms in total. The van der Waals surface area contributed by atoms with Crippen LogP contribution in [0.1, 0.15) is 45.6 Å². The lowest BCUT2D eigenvalue weighted by atomic mass is 9.99. The van der Waals surface area contributed by atoms with Crippen molar-refractivity contribution < 1.29 is 4.79 Å². The van der Waals surface area contributed by atoms with E-state index >= 15 is 0 Å². The zero-order valence-corrected chi connectivity index (χ0v) is 13.8. The molecule has 1 unspecified atom stereocenters. The van der Waals surface area contributed by atoms with Crippen molar-refractivity contribution in [2.24, 2.45) is 5.73 Å². The van der Waals surface area contributed by atoms with Crippen LogP contribution in [0, 0.1) is 0 Å². The third-order valence-electron chi connectivity index (χ3n) is 5.03. The summed E-state index contributed by atoms with van der Waals surface area (Å²) < 4.78 is 0. The van der Waals surface area contributed by atoms with Crippen molar-refractivity contribution in [3.05, 3.63) is 69.2 Å². The summed E-state index contributed by atoms with van der Waals surface area (Å²) in [5, 5.41) is 0.584. The number of fused-ring (bicyclic) bond motifs is 2. The lowest BCUT2D eigenvalue weighted by Gasteiger charge is -2.23. The minimum atomic E-state index is -0.129. The normalized spacial score (nSPS) is 18.2. The number of nitrogens with zero attached hydrogens (tertiary/aromatic N) is 1. The first-order chi connectivity index (χ1) is 11.0. The number of rotatable bonds is 2. The molecule has 0 spiro atoms. The summed E-state index contributed by atoms with van der Waals surface area (Å²) in [5.41, 5.74) is 11.5. The molecule has 0 radical (unpaired) electrons. The van der Waals surface area contributed by atoms with Crippen LogP contribution in [0.5, 0.6) is 0 Å². The predicted molar refractivity (Wildman–Crippen MR) is 91.6 cm³/mol. The Morgan fingerprint density at radius 2 is 1.87 bits per heavy atom. The maximum atomic E-state index is 12.9. The maximum Gasteiger partial charge on any atom is 0.254 e. The van der Waals surface area contributed by atoms with E-state index in [1.807, 2.05) is 17.9 Å². The molecule has 0 saturated carbocycles. The van der Waals surface area contributed by atoms with E-state index in [0.717, 1.165) is 29.5 Å². The number of hydrogen-bond acceptors (Lipinski definition) is 2. The first-order valence-corrected chi connectivity index (χ1v) is 8.38. The van der Waals surface area contributed by atoms with E-state index in [0.29, 0.717) is 11.6 Å². The van der Waals surface area contributed by atoms with Crippen LogP contribution < -0.4 is 5.73 Å². The minimum absolute atomic E-state index is 0.0854. The SMILES string of the molecule is CC(N)c1cc(Cl)cc2c1CN(C1Cc3ccccc3C1)C2=O. The highest BCUT2D eigenvalue weighted by molar-refractivity contribution is 6.31. The maximum absolute atomic E-state index is 12.9. The zero-order chi connectivity index (χ0) is 16.1. The number of benzene rings is 2. The first kappa shape index (κ1) is 14.7. The monoisotopic (exact) mass is 326 g/mol. The number of halogens is 1. The third-order valence-corrected chi connectivity index (χ3v) is 5.25. The van der Waals surface area contributed by atoms with Gasteiger partial charge in [0.25, 0.3) is 5.91 Å². The molecule has 23 heavy (non-hydrogen) atoms. The number of amides is 1. The third kappa shape index (κ3) is 2.35. The Morgan fingerprint density at radius 3 is 2.48 bits per heavy atom. The smallest absolute Gasteiger partial charge is 0.254 e. The fraction of sp³-hybridized carbons (Fsp3) is 0.316. The van der Waals surface area contributed by atoms with E-state index < -0.39 is 0 Å². The number of nitrogens with two attached hydrogens (primary N) is 1. The molecule has 118 valence electrons. The van der Waals surface area contributed by atoms with Gasteiger partial charge in [0.05, 0.1) is 0 Å². The standard InChI is InChI=1S/C19H19ClN2O/c1-11(21)16-8-14(20)9-17-18(16)10-22(19(17)23)15-6-12-4-2-3-5-13(12)7-15/h2-5,8-9,11,15H,6-7,10,21H2,1H3. The van der Waals surface area contributed by atoms with Crippen molar-refractivity contribution in [1.82, 2.24) is 4.90 Å². The molecule has 1 aliphatic heterocycles. The Morgan fingerprint density at radius 1 is 1.22 bits per heavy atom. The summed E-state index contributed by atoms with van der Waals surface area (Å²) >= 11 is 6.19. The van der Waals surface area contributed by atoms with Crippen LogP contribution in [0.2, 0.25) is 5.02 Å². The quantitative estimate of drug-likeness (QED) is 0.918. The lowest BCUT2D eigenvalue weighted by Crippen LogP contribution is -2.36. The Kier molecular flexibility index (Phi) is 3.43. The summed E-state index contributed by atoms with van der Waals surface area (Å²) in [4.78, 5) is 14.9. The molecule has 2 N–H and O–H groups in total. The van der Waals surface area contributed by atoms with E-state index in [4.69, 9.17) is 17.3 Å². The average molecular weight is 327 g/mol. The molecule has 0 bridgehead atoms. The van der Waals surface area contributed by atoms with E-state index in [1.165, 1.54) is 11.1 Å². The highest BCUT2D eigenvalue weighted by Crippen LogP contribution is 2.36. The van der Waals surface area contributed by atoms with Gasteiger partial charge >= 0.3 is 0 Å². The van der Waals surface area contributed by atoms with E-state index in [2.05, 4.69) is 24.3 Å². The Balaban J connectivity index is 1.67. The molecule has 1 heterocycles. The minimum Gasteiger partial charge on any atom is -0.331 e. The fourth-order valence-corrected chi connectivity index (χ4v) is 4.11. The number of carbonyl (C=O) groups excluding carboxylic acids is 1. The second-order valence-electron chi connectivity index (χ2n) is 6.57. The Hall–Kier alpha value is -1.84. The van der Waals surface area contributed by atoms with Gasteiger partial charge in [-0.25, -0.2) is 0 Å². The van der Waals surface area contributed by atoms with Crippen LogP contribution in [0.4, 0.5) is 0 Å². The molecule has 0 fully saturated rings. The number of hydrogen-bond donors (Lipinski definition) is 1. The van der Waals surface area contributed by atoms with Crippen LogP contribution in [0.3, 0.4) is 0 Å². The van der Waals surface area contributed by atoms with Crippen molar-refractivity contribution in [3.8, 4) is 0 Å². The van der Waals surface area contributed by atoms with Gasteiger partial charge < -0.3 is 10.6 Å². The average Bonchev–Trinajstić information content (AvgIpc) is 3.08. The molecule has 1 amide bonds. The molecule has 2 aromatic rings. The van der Waals surface area contributed by atoms with Crippen molar-refractivity contribution in [2.75, 3.05) is 0 Å². The van der Waals surface area contributed by atoms with Gasteiger partial charge in [-0.2, -0.15) is 0 Å². The van der Waals surface area contributed by atoms with Gasteiger partial charge in [0.2, 0.25) is 0 Å². The summed E-state index contributed by atoms with van der Waals surface area (Å²) in [7, 11) is 0. The van der Waals surface area contributed by atoms with Crippen molar-refractivity contribution >= 4 is 17.5 Å². The Labute approximate surface area is 141 Å².